The molecule has 1 aromatic carbocycles. The monoisotopic (exact) mass is 265 g/mol. The van der Waals surface area contributed by atoms with Gasteiger partial charge in [-0.15, -0.1) is 0 Å². The fraction of sp³-hybridized carbons (Fsp3) is 0.500. The van der Waals surface area contributed by atoms with Gasteiger partial charge >= 0.3 is 0 Å². The van der Waals surface area contributed by atoms with E-state index in [2.05, 4.69) is 22.6 Å². The summed E-state index contributed by atoms with van der Waals surface area (Å²) in [4.78, 5) is 0. The Morgan fingerprint density at radius 2 is 2.11 bits per heavy atom. The minimum Gasteiger partial charge on any atom is -0.409 e. The van der Waals surface area contributed by atoms with Crippen molar-refractivity contribution < 1.29 is 9.94 Å². The van der Waals surface area contributed by atoms with Crippen molar-refractivity contribution in [2.45, 2.75) is 39.5 Å². The quantitative estimate of drug-likeness (QED) is 0.290. The van der Waals surface area contributed by atoms with Crippen LogP contribution in [-0.4, -0.2) is 23.7 Å². The maximum absolute atomic E-state index is 8.53. The third-order valence-corrected chi connectivity index (χ3v) is 2.86. The van der Waals surface area contributed by atoms with Crippen LogP contribution in [-0.2, 0) is 17.9 Å². The van der Waals surface area contributed by atoms with Crippen LogP contribution in [0, 0.1) is 0 Å². The number of hydrogen-bond donors (Lipinski definition) is 3. The molecular weight excluding hydrogens is 242 g/mol. The number of nitrogens with zero attached hydrogens (tertiary/aromatic N) is 1. The van der Waals surface area contributed by atoms with Crippen LogP contribution in [0.15, 0.2) is 29.4 Å². The Labute approximate surface area is 114 Å². The first-order chi connectivity index (χ1) is 9.17. The molecule has 19 heavy (non-hydrogen) atoms. The molecule has 1 rings (SSSR count). The zero-order chi connectivity index (χ0) is 14.1. The van der Waals surface area contributed by atoms with Crippen molar-refractivity contribution >= 4 is 5.84 Å². The smallest absolute Gasteiger partial charge is 0.140 e. The van der Waals surface area contributed by atoms with Gasteiger partial charge in [0.1, 0.15) is 5.84 Å². The second-order valence-corrected chi connectivity index (χ2v) is 4.48. The van der Waals surface area contributed by atoms with Crippen LogP contribution in [0.25, 0.3) is 0 Å². The molecule has 0 aromatic heterocycles. The first-order valence-corrected chi connectivity index (χ1v) is 6.51. The summed E-state index contributed by atoms with van der Waals surface area (Å²) in [6.07, 6.45) is 0.518. The summed E-state index contributed by atoms with van der Waals surface area (Å²) in [7, 11) is 0. The number of hydrogen-bond acceptors (Lipinski definition) is 4. The number of nitrogens with two attached hydrogens (primary N) is 1. The number of rotatable bonds is 8. The van der Waals surface area contributed by atoms with Crippen LogP contribution in [0.5, 0.6) is 0 Å². The Balaban J connectivity index is 2.52. The van der Waals surface area contributed by atoms with Crippen molar-refractivity contribution in [3.63, 3.8) is 0 Å². The van der Waals surface area contributed by atoms with Crippen LogP contribution in [0.1, 0.15) is 31.4 Å². The molecule has 1 aromatic rings. The van der Waals surface area contributed by atoms with Gasteiger partial charge in [-0.2, -0.15) is 0 Å². The summed E-state index contributed by atoms with van der Waals surface area (Å²) < 4.78 is 5.45. The van der Waals surface area contributed by atoms with E-state index in [-0.39, 0.29) is 11.9 Å². The van der Waals surface area contributed by atoms with Crippen molar-refractivity contribution in [1.29, 1.82) is 0 Å². The Bertz CT molecular complexity index is 407. The molecule has 0 fully saturated rings. The van der Waals surface area contributed by atoms with Crippen molar-refractivity contribution in [1.82, 2.24) is 5.32 Å². The molecule has 0 radical (unpaired) electrons. The predicted octanol–water partition coefficient (Wildman–Crippen LogP) is 1.84. The molecule has 5 nitrogen and oxygen atoms in total. The second-order valence-electron chi connectivity index (χ2n) is 4.48. The molecule has 4 N–H and O–H groups in total. The fourth-order valence-electron chi connectivity index (χ4n) is 1.79. The Morgan fingerprint density at radius 3 is 2.74 bits per heavy atom. The van der Waals surface area contributed by atoms with Gasteiger partial charge in [0.2, 0.25) is 0 Å². The number of oxime groups is 1. The van der Waals surface area contributed by atoms with Gasteiger partial charge in [0.05, 0.1) is 6.61 Å². The number of ether oxygens (including phenoxy) is 1. The van der Waals surface area contributed by atoms with E-state index in [4.69, 9.17) is 15.7 Å². The molecule has 106 valence electrons. The van der Waals surface area contributed by atoms with E-state index in [0.717, 1.165) is 6.54 Å². The van der Waals surface area contributed by atoms with Gasteiger partial charge in [-0.1, -0.05) is 29.4 Å². The molecule has 0 heterocycles. The lowest BCUT2D eigenvalue weighted by Gasteiger charge is -2.15. The molecule has 0 saturated carbocycles. The molecule has 5 heteroatoms. The highest BCUT2D eigenvalue weighted by Crippen LogP contribution is 2.10. The normalized spacial score (nSPS) is 13.5. The van der Waals surface area contributed by atoms with Gasteiger partial charge in [-0.25, -0.2) is 0 Å². The third kappa shape index (κ3) is 5.72. The highest BCUT2D eigenvalue weighted by molar-refractivity contribution is 5.80. The maximum atomic E-state index is 8.53. The van der Waals surface area contributed by atoms with Crippen LogP contribution >= 0.6 is 0 Å². The molecule has 1 atom stereocenters. The van der Waals surface area contributed by atoms with Gasteiger partial charge in [-0.05, 0) is 25.0 Å². The zero-order valence-electron chi connectivity index (χ0n) is 11.6. The molecule has 1 unspecified atom stereocenters. The number of amidine groups is 1. The Kier molecular flexibility index (Phi) is 6.92. The largest absolute Gasteiger partial charge is 0.409 e. The molecule has 0 aliphatic heterocycles. The lowest BCUT2D eigenvalue weighted by molar-refractivity contribution is 0.133. The van der Waals surface area contributed by atoms with Crippen LogP contribution in [0.3, 0.4) is 0 Å². The van der Waals surface area contributed by atoms with E-state index in [0.29, 0.717) is 19.6 Å². The highest BCUT2D eigenvalue weighted by Gasteiger charge is 2.06. The average molecular weight is 265 g/mol. The first kappa shape index (κ1) is 15.5. The van der Waals surface area contributed by atoms with E-state index in [1.807, 2.05) is 26.0 Å². The summed E-state index contributed by atoms with van der Waals surface area (Å²) in [6, 6.07) is 8.33. The van der Waals surface area contributed by atoms with E-state index in [9.17, 15) is 0 Å². The summed E-state index contributed by atoms with van der Waals surface area (Å²) in [5, 5.41) is 14.9. The van der Waals surface area contributed by atoms with Crippen molar-refractivity contribution in [3.05, 3.63) is 35.4 Å². The fourth-order valence-corrected chi connectivity index (χ4v) is 1.79. The predicted molar refractivity (Wildman–Crippen MR) is 76.1 cm³/mol. The molecule has 0 aliphatic carbocycles. The molecule has 0 spiro atoms. The number of nitrogens with one attached hydrogen (secondary N) is 1. The Morgan fingerprint density at radius 1 is 1.42 bits per heavy atom. The van der Waals surface area contributed by atoms with Crippen molar-refractivity contribution in [2.75, 3.05) is 6.61 Å². The zero-order valence-corrected chi connectivity index (χ0v) is 11.6. The molecular formula is C14H23N3O2. The third-order valence-electron chi connectivity index (χ3n) is 2.86. The van der Waals surface area contributed by atoms with Gasteiger partial charge in [0, 0.05) is 25.6 Å². The first-order valence-electron chi connectivity index (χ1n) is 6.51. The molecule has 0 bridgehead atoms. The minimum absolute atomic E-state index is 0.149. The highest BCUT2D eigenvalue weighted by atomic mass is 16.5. The minimum atomic E-state index is 0.149. The van der Waals surface area contributed by atoms with Crippen LogP contribution in [0.4, 0.5) is 0 Å². The summed E-state index contributed by atoms with van der Waals surface area (Å²) in [6.45, 7) is 6.07. The van der Waals surface area contributed by atoms with Crippen molar-refractivity contribution in [3.8, 4) is 0 Å². The van der Waals surface area contributed by atoms with Gasteiger partial charge < -0.3 is 21.0 Å². The molecule has 0 aliphatic rings. The lowest BCUT2D eigenvalue weighted by Crippen LogP contribution is -2.31. The topological polar surface area (TPSA) is 79.9 Å². The number of benzene rings is 1. The van der Waals surface area contributed by atoms with Crippen molar-refractivity contribution in [2.24, 2.45) is 10.9 Å². The lowest BCUT2D eigenvalue weighted by atomic mass is 10.1. The SMILES string of the molecule is CCOCc1ccccc1CNC(C)CC(N)=NO. The average Bonchev–Trinajstić information content (AvgIpc) is 2.43. The van der Waals surface area contributed by atoms with E-state index in [1.54, 1.807) is 0 Å². The van der Waals surface area contributed by atoms with E-state index >= 15 is 0 Å². The summed E-state index contributed by atoms with van der Waals surface area (Å²) in [5.41, 5.74) is 7.88. The summed E-state index contributed by atoms with van der Waals surface area (Å²) >= 11 is 0. The van der Waals surface area contributed by atoms with Crippen LogP contribution < -0.4 is 11.1 Å². The van der Waals surface area contributed by atoms with Crippen LogP contribution in [0.2, 0.25) is 0 Å². The van der Waals surface area contributed by atoms with Gasteiger partial charge in [0.15, 0.2) is 0 Å². The van der Waals surface area contributed by atoms with E-state index < -0.39 is 0 Å². The molecule has 0 saturated heterocycles. The maximum Gasteiger partial charge on any atom is 0.140 e. The second kappa shape index (κ2) is 8.50. The summed E-state index contributed by atoms with van der Waals surface area (Å²) in [5.74, 6) is 0.239. The van der Waals surface area contributed by atoms with E-state index in [1.165, 1.54) is 11.1 Å². The van der Waals surface area contributed by atoms with Gasteiger partial charge in [0.25, 0.3) is 0 Å². The molecule has 0 amide bonds. The Hall–Kier alpha value is -1.59. The van der Waals surface area contributed by atoms with Gasteiger partial charge in [-0.3, -0.25) is 0 Å². The standard InChI is InChI=1S/C14H23N3O2/c1-3-19-10-13-7-5-4-6-12(13)9-16-11(2)8-14(15)17-18/h4-7,11,16,18H,3,8-10H2,1-2H3,(H2,15,17).